The van der Waals surface area contributed by atoms with Crippen LogP contribution < -0.4 is 5.32 Å². The Balaban J connectivity index is 1.39. The van der Waals surface area contributed by atoms with Gasteiger partial charge < -0.3 is 14.5 Å². The molecule has 0 saturated heterocycles. The number of fused-ring (bicyclic) bond motifs is 3. The van der Waals surface area contributed by atoms with E-state index in [2.05, 4.69) is 68.8 Å². The molecule has 0 bridgehead atoms. The average Bonchev–Trinajstić information content (AvgIpc) is 3.30. The van der Waals surface area contributed by atoms with E-state index in [1.54, 1.807) is 0 Å². The van der Waals surface area contributed by atoms with Gasteiger partial charge in [0.1, 0.15) is 0 Å². The predicted molar refractivity (Wildman–Crippen MR) is 108 cm³/mol. The fraction of sp³-hybridized carbons (Fsp3) is 0.318. The van der Waals surface area contributed by atoms with Crippen LogP contribution in [0.25, 0.3) is 21.8 Å². The summed E-state index contributed by atoms with van der Waals surface area (Å²) in [4.78, 5) is 4.08. The van der Waals surface area contributed by atoms with Gasteiger partial charge in [0.05, 0.1) is 6.33 Å². The van der Waals surface area contributed by atoms with E-state index in [1.807, 2.05) is 18.7 Å². The van der Waals surface area contributed by atoms with Crippen molar-refractivity contribution in [3.8, 4) is 0 Å². The first-order chi connectivity index (χ1) is 12.9. The third kappa shape index (κ3) is 3.37. The predicted octanol–water partition coefficient (Wildman–Crippen LogP) is 4.58. The first-order valence-corrected chi connectivity index (χ1v) is 9.53. The number of aryl methyl sites for hydroxylation is 2. The fourth-order valence-corrected chi connectivity index (χ4v) is 3.75. The van der Waals surface area contributed by atoms with Crippen LogP contribution >= 0.6 is 0 Å². The third-order valence-corrected chi connectivity index (χ3v) is 5.06. The van der Waals surface area contributed by atoms with Crippen LogP contribution in [-0.2, 0) is 19.6 Å². The van der Waals surface area contributed by atoms with E-state index in [4.69, 9.17) is 0 Å². The zero-order valence-corrected chi connectivity index (χ0v) is 15.4. The zero-order valence-electron chi connectivity index (χ0n) is 15.4. The zero-order chi connectivity index (χ0) is 17.8. The summed E-state index contributed by atoms with van der Waals surface area (Å²) in [6, 6.07) is 15.6. The highest BCUT2D eigenvalue weighted by Crippen LogP contribution is 2.29. The minimum atomic E-state index is 0.923. The van der Waals surface area contributed by atoms with Crippen LogP contribution in [0.1, 0.15) is 25.3 Å². The number of imidazole rings is 1. The van der Waals surface area contributed by atoms with Crippen molar-refractivity contribution in [3.05, 3.63) is 66.7 Å². The Kier molecular flexibility index (Phi) is 5.02. The summed E-state index contributed by atoms with van der Waals surface area (Å²) in [6.07, 6.45) is 8.09. The number of hydrogen-bond acceptors (Lipinski definition) is 2. The average molecular weight is 346 g/mol. The summed E-state index contributed by atoms with van der Waals surface area (Å²) in [6.45, 7) is 6.23. The Bertz CT molecular complexity index is 982. The van der Waals surface area contributed by atoms with E-state index < -0.39 is 0 Å². The van der Waals surface area contributed by atoms with Crippen molar-refractivity contribution in [2.45, 2.75) is 39.4 Å². The van der Waals surface area contributed by atoms with Crippen LogP contribution in [0.5, 0.6) is 0 Å². The maximum atomic E-state index is 4.08. The maximum absolute atomic E-state index is 4.08. The molecule has 0 aliphatic heterocycles. The molecule has 26 heavy (non-hydrogen) atoms. The van der Waals surface area contributed by atoms with E-state index in [1.165, 1.54) is 40.2 Å². The highest BCUT2D eigenvalue weighted by molar-refractivity contribution is 6.08. The Morgan fingerprint density at radius 2 is 1.88 bits per heavy atom. The van der Waals surface area contributed by atoms with Gasteiger partial charge in [0.25, 0.3) is 0 Å². The molecule has 0 atom stereocenters. The van der Waals surface area contributed by atoms with Crippen molar-refractivity contribution in [1.82, 2.24) is 19.4 Å². The van der Waals surface area contributed by atoms with E-state index >= 15 is 0 Å². The topological polar surface area (TPSA) is 34.8 Å². The van der Waals surface area contributed by atoms with Crippen LogP contribution in [0.3, 0.4) is 0 Å². The van der Waals surface area contributed by atoms with Crippen molar-refractivity contribution in [3.63, 3.8) is 0 Å². The molecule has 0 fully saturated rings. The first-order valence-electron chi connectivity index (χ1n) is 9.53. The van der Waals surface area contributed by atoms with Crippen molar-refractivity contribution in [1.29, 1.82) is 0 Å². The molecule has 2 aromatic carbocycles. The number of hydrogen-bond donors (Lipinski definition) is 1. The molecule has 0 spiro atoms. The maximum Gasteiger partial charge on any atom is 0.0945 e. The Labute approximate surface area is 154 Å². The second kappa shape index (κ2) is 7.75. The Morgan fingerprint density at radius 1 is 1.00 bits per heavy atom. The van der Waals surface area contributed by atoms with Gasteiger partial charge in [-0.25, -0.2) is 4.98 Å². The van der Waals surface area contributed by atoms with Crippen molar-refractivity contribution in [2.75, 3.05) is 6.54 Å². The molecule has 134 valence electrons. The molecule has 4 aromatic rings. The smallest absolute Gasteiger partial charge is 0.0945 e. The molecule has 0 aliphatic carbocycles. The quantitative estimate of drug-likeness (QED) is 0.474. The minimum Gasteiger partial charge on any atom is -0.341 e. The Morgan fingerprint density at radius 3 is 2.73 bits per heavy atom. The molecular weight excluding hydrogens is 320 g/mol. The lowest BCUT2D eigenvalue weighted by Gasteiger charge is -2.07. The molecule has 0 radical (unpaired) electrons. The summed E-state index contributed by atoms with van der Waals surface area (Å²) in [7, 11) is 0. The van der Waals surface area contributed by atoms with E-state index in [0.29, 0.717) is 0 Å². The summed E-state index contributed by atoms with van der Waals surface area (Å²) >= 11 is 0. The number of nitrogens with one attached hydrogen (secondary N) is 1. The normalized spacial score (nSPS) is 11.6. The number of aromatic nitrogens is 3. The lowest BCUT2D eigenvalue weighted by molar-refractivity contribution is 0.568. The molecule has 0 unspecified atom stereocenters. The molecule has 0 saturated carbocycles. The standard InChI is InChI=1S/C22H26N4/c1-2-26-21-8-4-3-7-19(21)20-15-18(9-10-22(20)26)16-23-11-5-6-13-25-14-12-24-17-25/h3-4,7-10,12,14-15,17,23H,2,5-6,11,13,16H2,1H3. The second-order valence-corrected chi connectivity index (χ2v) is 6.80. The van der Waals surface area contributed by atoms with E-state index in [9.17, 15) is 0 Å². The summed E-state index contributed by atoms with van der Waals surface area (Å²) in [5.74, 6) is 0. The van der Waals surface area contributed by atoms with Crippen molar-refractivity contribution >= 4 is 21.8 Å². The van der Waals surface area contributed by atoms with Gasteiger partial charge in [-0.2, -0.15) is 0 Å². The van der Waals surface area contributed by atoms with Gasteiger partial charge in [0, 0.05) is 53.8 Å². The van der Waals surface area contributed by atoms with Crippen LogP contribution in [0.4, 0.5) is 0 Å². The molecule has 4 rings (SSSR count). The van der Waals surface area contributed by atoms with Gasteiger partial charge in [-0.1, -0.05) is 24.3 Å². The monoisotopic (exact) mass is 346 g/mol. The summed E-state index contributed by atoms with van der Waals surface area (Å²) in [5.41, 5.74) is 4.01. The molecule has 4 heteroatoms. The van der Waals surface area contributed by atoms with Crippen molar-refractivity contribution in [2.24, 2.45) is 0 Å². The molecule has 2 heterocycles. The third-order valence-electron chi connectivity index (χ3n) is 5.06. The number of benzene rings is 2. The van der Waals surface area contributed by atoms with Crippen LogP contribution in [0.15, 0.2) is 61.2 Å². The number of unbranched alkanes of at least 4 members (excludes halogenated alkanes) is 1. The Hall–Kier alpha value is -2.59. The number of nitrogens with zero attached hydrogens (tertiary/aromatic N) is 3. The van der Waals surface area contributed by atoms with Crippen molar-refractivity contribution < 1.29 is 0 Å². The number of para-hydroxylation sites is 1. The largest absolute Gasteiger partial charge is 0.341 e. The molecule has 1 N–H and O–H groups in total. The fourth-order valence-electron chi connectivity index (χ4n) is 3.75. The molecule has 2 aromatic heterocycles. The van der Waals surface area contributed by atoms with Crippen LogP contribution in [0, 0.1) is 0 Å². The summed E-state index contributed by atoms with van der Waals surface area (Å²) < 4.78 is 4.54. The first kappa shape index (κ1) is 16.9. The molecule has 0 aliphatic rings. The lowest BCUT2D eigenvalue weighted by Crippen LogP contribution is -2.15. The second-order valence-electron chi connectivity index (χ2n) is 6.80. The SMILES string of the molecule is CCn1c2ccccc2c2cc(CNCCCCn3ccnc3)ccc21. The van der Waals surface area contributed by atoms with Gasteiger partial charge in [-0.15, -0.1) is 0 Å². The van der Waals surface area contributed by atoms with Crippen LogP contribution in [0.2, 0.25) is 0 Å². The van der Waals surface area contributed by atoms with E-state index in [0.717, 1.165) is 26.2 Å². The van der Waals surface area contributed by atoms with Gasteiger partial charge in [-0.05, 0) is 50.1 Å². The van der Waals surface area contributed by atoms with Gasteiger partial charge in [-0.3, -0.25) is 0 Å². The molecule has 0 amide bonds. The van der Waals surface area contributed by atoms with E-state index in [-0.39, 0.29) is 0 Å². The number of rotatable bonds is 8. The molecular formula is C22H26N4. The highest BCUT2D eigenvalue weighted by Gasteiger charge is 2.09. The van der Waals surface area contributed by atoms with Gasteiger partial charge >= 0.3 is 0 Å². The van der Waals surface area contributed by atoms with Gasteiger partial charge in [0.2, 0.25) is 0 Å². The summed E-state index contributed by atoms with van der Waals surface area (Å²) in [5, 5.41) is 6.30. The lowest BCUT2D eigenvalue weighted by atomic mass is 10.1. The minimum absolute atomic E-state index is 0.923. The van der Waals surface area contributed by atoms with Gasteiger partial charge in [0.15, 0.2) is 0 Å². The molecule has 4 nitrogen and oxygen atoms in total. The van der Waals surface area contributed by atoms with Crippen LogP contribution in [-0.4, -0.2) is 20.7 Å². The highest BCUT2D eigenvalue weighted by atomic mass is 15.0.